The van der Waals surface area contributed by atoms with E-state index in [0.717, 1.165) is 36.0 Å². The lowest BCUT2D eigenvalue weighted by molar-refractivity contribution is 0.135. The van der Waals surface area contributed by atoms with Crippen molar-refractivity contribution in [2.75, 3.05) is 6.54 Å². The Hall–Kier alpha value is -1.81. The van der Waals surface area contributed by atoms with E-state index in [9.17, 15) is 9.90 Å². The zero-order valence-corrected chi connectivity index (χ0v) is 15.1. The van der Waals surface area contributed by atoms with Crippen LogP contribution in [0.5, 0.6) is 5.75 Å². The fourth-order valence-electron chi connectivity index (χ4n) is 3.86. The molecular formula is C20H27NO3. The van der Waals surface area contributed by atoms with Crippen LogP contribution >= 0.6 is 0 Å². The molecule has 1 aromatic carbocycles. The summed E-state index contributed by atoms with van der Waals surface area (Å²) in [7, 11) is 0. The molecule has 0 unspecified atom stereocenters. The van der Waals surface area contributed by atoms with Crippen LogP contribution in [0.2, 0.25) is 0 Å². The van der Waals surface area contributed by atoms with Gasteiger partial charge in [-0.1, -0.05) is 13.3 Å². The van der Waals surface area contributed by atoms with Gasteiger partial charge in [0.1, 0.15) is 11.3 Å². The van der Waals surface area contributed by atoms with Crippen LogP contribution in [-0.4, -0.2) is 22.6 Å². The number of nitrogens with zero attached hydrogens (tertiary/aromatic N) is 1. The smallest absolute Gasteiger partial charge is 0.339 e. The van der Waals surface area contributed by atoms with Gasteiger partial charge in [0.05, 0.1) is 0 Å². The van der Waals surface area contributed by atoms with Gasteiger partial charge in [0, 0.05) is 34.7 Å². The minimum absolute atomic E-state index is 0.259. The first-order valence-electron chi connectivity index (χ1n) is 8.93. The highest BCUT2D eigenvalue weighted by Crippen LogP contribution is 2.34. The third-order valence-electron chi connectivity index (χ3n) is 5.62. The van der Waals surface area contributed by atoms with Gasteiger partial charge in [-0.15, -0.1) is 0 Å². The Bertz CT molecular complexity index is 822. The van der Waals surface area contributed by atoms with Crippen molar-refractivity contribution < 1.29 is 9.52 Å². The van der Waals surface area contributed by atoms with E-state index in [1.54, 1.807) is 6.92 Å². The first-order chi connectivity index (χ1) is 11.4. The van der Waals surface area contributed by atoms with Crippen LogP contribution in [0.4, 0.5) is 0 Å². The second-order valence-corrected chi connectivity index (χ2v) is 7.05. The molecule has 1 fully saturated rings. The molecule has 3 rings (SSSR count). The molecule has 24 heavy (non-hydrogen) atoms. The van der Waals surface area contributed by atoms with E-state index in [4.69, 9.17) is 4.42 Å². The highest BCUT2D eigenvalue weighted by Gasteiger charge is 2.23. The monoisotopic (exact) mass is 329 g/mol. The molecule has 1 aliphatic rings. The van der Waals surface area contributed by atoms with Crippen molar-refractivity contribution in [2.24, 2.45) is 0 Å². The summed E-state index contributed by atoms with van der Waals surface area (Å²) < 4.78 is 5.44. The first kappa shape index (κ1) is 17.0. The lowest BCUT2D eigenvalue weighted by Gasteiger charge is -2.35. The number of fused-ring (bicyclic) bond motifs is 1. The van der Waals surface area contributed by atoms with Crippen LogP contribution in [0.1, 0.15) is 54.9 Å². The molecule has 4 nitrogen and oxygen atoms in total. The summed E-state index contributed by atoms with van der Waals surface area (Å²) in [5, 5.41) is 11.6. The highest BCUT2D eigenvalue weighted by atomic mass is 16.4. The van der Waals surface area contributed by atoms with E-state index in [1.165, 1.54) is 19.3 Å². The Morgan fingerprint density at radius 1 is 1.21 bits per heavy atom. The van der Waals surface area contributed by atoms with Gasteiger partial charge < -0.3 is 9.52 Å². The molecule has 2 aromatic rings. The molecule has 1 aromatic heterocycles. The third-order valence-corrected chi connectivity index (χ3v) is 5.62. The van der Waals surface area contributed by atoms with Crippen LogP contribution < -0.4 is 5.63 Å². The quantitative estimate of drug-likeness (QED) is 0.858. The van der Waals surface area contributed by atoms with Gasteiger partial charge in [0.15, 0.2) is 0 Å². The Labute approximate surface area is 143 Å². The zero-order valence-electron chi connectivity index (χ0n) is 15.1. The maximum atomic E-state index is 11.9. The number of aromatic hydroxyl groups is 1. The lowest BCUT2D eigenvalue weighted by atomic mass is 9.96. The van der Waals surface area contributed by atoms with Crippen LogP contribution in [-0.2, 0) is 6.54 Å². The van der Waals surface area contributed by atoms with E-state index in [0.29, 0.717) is 22.8 Å². The number of benzene rings is 1. The van der Waals surface area contributed by atoms with Crippen molar-refractivity contribution in [3.63, 3.8) is 0 Å². The fourth-order valence-corrected chi connectivity index (χ4v) is 3.86. The van der Waals surface area contributed by atoms with Gasteiger partial charge in [-0.25, -0.2) is 4.79 Å². The predicted molar refractivity (Wildman–Crippen MR) is 96.7 cm³/mol. The zero-order chi connectivity index (χ0) is 17.4. The lowest BCUT2D eigenvalue weighted by Crippen LogP contribution is -2.38. The molecule has 1 aliphatic heterocycles. The fraction of sp³-hybridized carbons (Fsp3) is 0.550. The number of phenols is 1. The Kier molecular flexibility index (Phi) is 4.68. The first-order valence-corrected chi connectivity index (χ1v) is 8.93. The number of piperidine rings is 1. The molecule has 0 radical (unpaired) electrons. The minimum Gasteiger partial charge on any atom is -0.507 e. The van der Waals surface area contributed by atoms with Crippen LogP contribution in [0.3, 0.4) is 0 Å². The molecule has 1 saturated heterocycles. The van der Waals surface area contributed by atoms with Gasteiger partial charge in [0.2, 0.25) is 0 Å². The average Bonchev–Trinajstić information content (AvgIpc) is 2.59. The van der Waals surface area contributed by atoms with Gasteiger partial charge in [-0.3, -0.25) is 4.90 Å². The highest BCUT2D eigenvalue weighted by molar-refractivity contribution is 5.86. The molecule has 1 N–H and O–H groups in total. The minimum atomic E-state index is -0.322. The summed E-state index contributed by atoms with van der Waals surface area (Å²) in [6.45, 7) is 9.63. The molecule has 0 amide bonds. The van der Waals surface area contributed by atoms with Crippen molar-refractivity contribution >= 4 is 11.0 Å². The van der Waals surface area contributed by atoms with Crippen molar-refractivity contribution in [1.82, 2.24) is 4.90 Å². The number of hydrogen-bond donors (Lipinski definition) is 1. The maximum absolute atomic E-state index is 11.9. The van der Waals surface area contributed by atoms with E-state index in [-0.39, 0.29) is 11.4 Å². The van der Waals surface area contributed by atoms with Crippen molar-refractivity contribution in [3.8, 4) is 5.75 Å². The Morgan fingerprint density at radius 2 is 1.96 bits per heavy atom. The molecule has 130 valence electrons. The van der Waals surface area contributed by atoms with E-state index in [1.807, 2.05) is 19.9 Å². The van der Waals surface area contributed by atoms with Gasteiger partial charge in [-0.05, 0) is 58.2 Å². The molecule has 2 heterocycles. The number of phenolic OH excluding ortho intramolecular Hbond substituents is 1. The maximum Gasteiger partial charge on any atom is 0.339 e. The van der Waals surface area contributed by atoms with Crippen LogP contribution in [0.25, 0.3) is 11.0 Å². The van der Waals surface area contributed by atoms with E-state index in [2.05, 4.69) is 11.8 Å². The van der Waals surface area contributed by atoms with Crippen molar-refractivity contribution in [2.45, 2.75) is 66.0 Å². The van der Waals surface area contributed by atoms with E-state index >= 15 is 0 Å². The van der Waals surface area contributed by atoms with Gasteiger partial charge in [-0.2, -0.15) is 0 Å². The average molecular weight is 329 g/mol. The Balaban J connectivity index is 2.08. The third kappa shape index (κ3) is 2.84. The summed E-state index contributed by atoms with van der Waals surface area (Å²) in [5.74, 6) is 0.259. The molecular weight excluding hydrogens is 302 g/mol. The molecule has 0 bridgehead atoms. The molecule has 4 heteroatoms. The molecule has 0 spiro atoms. The number of rotatable bonds is 3. The SMILES string of the molecule is CC[C@H]1CCCCN1Cc1cc2c(C)c(C)c(=O)oc2c(C)c1O. The standard InChI is InChI=1S/C20H27NO3/c1-5-16-8-6-7-9-21(16)11-15-10-17-12(2)13(3)20(23)24-19(17)14(4)18(15)22/h10,16,22H,5-9,11H2,1-4H3/t16-/m0/s1. The Morgan fingerprint density at radius 3 is 2.67 bits per heavy atom. The topological polar surface area (TPSA) is 53.7 Å². The number of likely N-dealkylation sites (tertiary alicyclic amines) is 1. The largest absolute Gasteiger partial charge is 0.507 e. The van der Waals surface area contributed by atoms with Crippen LogP contribution in [0.15, 0.2) is 15.3 Å². The summed E-state index contributed by atoms with van der Waals surface area (Å²) >= 11 is 0. The number of hydrogen-bond acceptors (Lipinski definition) is 4. The second kappa shape index (κ2) is 6.60. The van der Waals surface area contributed by atoms with Crippen LogP contribution in [0, 0.1) is 20.8 Å². The normalized spacial score (nSPS) is 19.1. The molecule has 0 saturated carbocycles. The van der Waals surface area contributed by atoms with Gasteiger partial charge in [0.25, 0.3) is 0 Å². The predicted octanol–water partition coefficient (Wildman–Crippen LogP) is 4.19. The summed E-state index contributed by atoms with van der Waals surface area (Å²) in [4.78, 5) is 14.4. The molecule has 0 aliphatic carbocycles. The number of aryl methyl sites for hydroxylation is 2. The summed E-state index contributed by atoms with van der Waals surface area (Å²) in [6.07, 6.45) is 4.88. The summed E-state index contributed by atoms with van der Waals surface area (Å²) in [5.41, 5.74) is 3.36. The van der Waals surface area contributed by atoms with Crippen molar-refractivity contribution in [3.05, 3.63) is 38.7 Å². The van der Waals surface area contributed by atoms with Crippen molar-refractivity contribution in [1.29, 1.82) is 0 Å². The van der Waals surface area contributed by atoms with Gasteiger partial charge >= 0.3 is 5.63 Å². The summed E-state index contributed by atoms with van der Waals surface area (Å²) in [6, 6.07) is 2.59. The molecule has 1 atom stereocenters. The van der Waals surface area contributed by atoms with E-state index < -0.39 is 0 Å². The second-order valence-electron chi connectivity index (χ2n) is 7.05.